The highest BCUT2D eigenvalue weighted by atomic mass is 79.9. The van der Waals surface area contributed by atoms with E-state index in [4.69, 9.17) is 4.42 Å². The van der Waals surface area contributed by atoms with Crippen molar-refractivity contribution in [1.82, 2.24) is 4.98 Å². The van der Waals surface area contributed by atoms with E-state index in [2.05, 4.69) is 25.7 Å². The molecule has 0 unspecified atom stereocenters. The summed E-state index contributed by atoms with van der Waals surface area (Å²) in [6, 6.07) is 17.7. The van der Waals surface area contributed by atoms with Gasteiger partial charge in [0.15, 0.2) is 11.7 Å². The Morgan fingerprint density at radius 1 is 1.08 bits per heavy atom. The topological polar surface area (TPSA) is 52.3 Å². The first-order valence-corrected chi connectivity index (χ1v) is 8.34. The quantitative estimate of drug-likeness (QED) is 0.587. The van der Waals surface area contributed by atoms with E-state index in [1.54, 1.807) is 0 Å². The molecule has 5 heteroatoms. The molecule has 0 N–H and O–H groups in total. The number of halogens is 1. The lowest BCUT2D eigenvalue weighted by atomic mass is 10.1. The number of rotatable bonds is 5. The first kappa shape index (κ1) is 16.5. The van der Waals surface area contributed by atoms with Crippen LogP contribution < -0.4 is 0 Å². The first-order chi connectivity index (χ1) is 11.7. The predicted octanol–water partition coefficient (Wildman–Crippen LogP) is 4.88. The van der Waals surface area contributed by atoms with Crippen molar-refractivity contribution in [3.63, 3.8) is 0 Å². The van der Waals surface area contributed by atoms with Crippen LogP contribution in [0.1, 0.15) is 12.3 Å². The van der Waals surface area contributed by atoms with Gasteiger partial charge >= 0.3 is 5.97 Å². The van der Waals surface area contributed by atoms with E-state index in [9.17, 15) is 4.79 Å². The number of carbonyl (C=O) groups excluding carboxylic acids is 1. The summed E-state index contributed by atoms with van der Waals surface area (Å²) in [6.45, 7) is 0. The van der Waals surface area contributed by atoms with Gasteiger partial charge in [0.1, 0.15) is 5.69 Å². The Hall–Kier alpha value is -2.40. The second-order valence-electron chi connectivity index (χ2n) is 5.23. The molecule has 0 saturated heterocycles. The molecule has 0 atom stereocenters. The van der Waals surface area contributed by atoms with Crippen LogP contribution in [0.5, 0.6) is 0 Å². The molecule has 3 aromatic rings. The largest absolute Gasteiger partial charge is 0.469 e. The third-order valence-electron chi connectivity index (χ3n) is 3.60. The van der Waals surface area contributed by atoms with E-state index in [1.165, 1.54) is 7.11 Å². The Labute approximate surface area is 148 Å². The minimum absolute atomic E-state index is 0.241. The molecule has 0 bridgehead atoms. The summed E-state index contributed by atoms with van der Waals surface area (Å²) < 4.78 is 11.6. The summed E-state index contributed by atoms with van der Waals surface area (Å²) in [6.07, 6.45) is 0.647. The fraction of sp³-hybridized carbons (Fsp3) is 0.158. The van der Waals surface area contributed by atoms with Gasteiger partial charge in [-0.1, -0.05) is 58.4 Å². The smallest absolute Gasteiger partial charge is 0.306 e. The van der Waals surface area contributed by atoms with E-state index >= 15 is 0 Å². The third-order valence-corrected chi connectivity index (χ3v) is 4.12. The van der Waals surface area contributed by atoms with Crippen molar-refractivity contribution < 1.29 is 13.9 Å². The minimum atomic E-state index is -0.278. The van der Waals surface area contributed by atoms with E-state index in [1.807, 2.05) is 54.6 Å². The molecule has 1 aromatic heterocycles. The van der Waals surface area contributed by atoms with Crippen molar-refractivity contribution in [2.45, 2.75) is 12.8 Å². The maximum Gasteiger partial charge on any atom is 0.306 e. The number of carbonyl (C=O) groups is 1. The Kier molecular flexibility index (Phi) is 5.11. The summed E-state index contributed by atoms with van der Waals surface area (Å²) in [5.41, 5.74) is 2.69. The van der Waals surface area contributed by atoms with Gasteiger partial charge in [-0.3, -0.25) is 4.79 Å². The molecular formula is C19H16BrNO3. The van der Waals surface area contributed by atoms with Crippen LogP contribution >= 0.6 is 15.9 Å². The zero-order chi connectivity index (χ0) is 16.9. The third kappa shape index (κ3) is 3.74. The van der Waals surface area contributed by atoms with Gasteiger partial charge in [-0.15, -0.1) is 0 Å². The van der Waals surface area contributed by atoms with E-state index in [0.717, 1.165) is 21.3 Å². The van der Waals surface area contributed by atoms with Crippen molar-refractivity contribution in [2.75, 3.05) is 7.11 Å². The highest BCUT2D eigenvalue weighted by Gasteiger charge is 2.17. The van der Waals surface area contributed by atoms with E-state index in [0.29, 0.717) is 18.1 Å². The average Bonchev–Trinajstić information content (AvgIpc) is 3.05. The minimum Gasteiger partial charge on any atom is -0.469 e. The van der Waals surface area contributed by atoms with Gasteiger partial charge in [0.05, 0.1) is 13.5 Å². The van der Waals surface area contributed by atoms with Crippen LogP contribution in [-0.4, -0.2) is 18.1 Å². The molecule has 0 radical (unpaired) electrons. The lowest BCUT2D eigenvalue weighted by Crippen LogP contribution is -2.01. The number of aryl methyl sites for hydroxylation is 1. The average molecular weight is 386 g/mol. The standard InChI is InChI=1S/C19H16BrNO3/c1-23-17(22)12-11-16-21-18(13-7-9-15(20)10-8-13)19(24-16)14-5-3-2-4-6-14/h2-10H,11-12H2,1H3. The molecule has 0 spiro atoms. The number of benzene rings is 2. The maximum absolute atomic E-state index is 11.4. The molecule has 0 aliphatic carbocycles. The van der Waals surface area contributed by atoms with Crippen LogP contribution in [-0.2, 0) is 16.0 Å². The van der Waals surface area contributed by atoms with Gasteiger partial charge in [-0.2, -0.15) is 0 Å². The zero-order valence-electron chi connectivity index (χ0n) is 13.2. The van der Waals surface area contributed by atoms with Crippen LogP contribution in [0.15, 0.2) is 63.5 Å². The van der Waals surface area contributed by atoms with E-state index in [-0.39, 0.29) is 12.4 Å². The molecule has 122 valence electrons. The van der Waals surface area contributed by atoms with Crippen LogP contribution in [0.3, 0.4) is 0 Å². The number of esters is 1. The van der Waals surface area contributed by atoms with Gasteiger partial charge < -0.3 is 9.15 Å². The van der Waals surface area contributed by atoms with Crippen LogP contribution in [0.2, 0.25) is 0 Å². The highest BCUT2D eigenvalue weighted by molar-refractivity contribution is 9.10. The summed E-state index contributed by atoms with van der Waals surface area (Å²) >= 11 is 3.44. The highest BCUT2D eigenvalue weighted by Crippen LogP contribution is 2.33. The lowest BCUT2D eigenvalue weighted by Gasteiger charge is -2.01. The molecule has 0 fully saturated rings. The Bertz CT molecular complexity index is 826. The van der Waals surface area contributed by atoms with Crippen LogP contribution in [0.4, 0.5) is 0 Å². The van der Waals surface area contributed by atoms with Crippen molar-refractivity contribution >= 4 is 21.9 Å². The van der Waals surface area contributed by atoms with Gasteiger partial charge in [0, 0.05) is 22.0 Å². The van der Waals surface area contributed by atoms with E-state index < -0.39 is 0 Å². The molecule has 0 aliphatic heterocycles. The number of ether oxygens (including phenoxy) is 1. The number of oxazole rings is 1. The Morgan fingerprint density at radius 3 is 2.46 bits per heavy atom. The van der Waals surface area contributed by atoms with Crippen LogP contribution in [0, 0.1) is 0 Å². The molecule has 24 heavy (non-hydrogen) atoms. The SMILES string of the molecule is COC(=O)CCc1nc(-c2ccc(Br)cc2)c(-c2ccccc2)o1. The second kappa shape index (κ2) is 7.45. The molecule has 0 amide bonds. The molecule has 4 nitrogen and oxygen atoms in total. The van der Waals surface area contributed by atoms with Crippen LogP contribution in [0.25, 0.3) is 22.6 Å². The summed E-state index contributed by atoms with van der Waals surface area (Å²) in [5, 5.41) is 0. The molecule has 0 saturated carbocycles. The second-order valence-corrected chi connectivity index (χ2v) is 6.15. The van der Waals surface area contributed by atoms with Crippen molar-refractivity contribution in [3.8, 4) is 22.6 Å². The van der Waals surface area contributed by atoms with Gasteiger partial charge in [-0.25, -0.2) is 4.98 Å². The lowest BCUT2D eigenvalue weighted by molar-refractivity contribution is -0.140. The maximum atomic E-state index is 11.4. The van der Waals surface area contributed by atoms with Gasteiger partial charge in [0.2, 0.25) is 0 Å². The molecular weight excluding hydrogens is 370 g/mol. The normalized spacial score (nSPS) is 10.6. The van der Waals surface area contributed by atoms with Gasteiger partial charge in [0.25, 0.3) is 0 Å². The fourth-order valence-electron chi connectivity index (χ4n) is 2.37. The summed E-state index contributed by atoms with van der Waals surface area (Å²) in [5.74, 6) is 0.953. The van der Waals surface area contributed by atoms with Crippen molar-refractivity contribution in [3.05, 3.63) is 65.0 Å². The molecule has 0 aliphatic rings. The zero-order valence-corrected chi connectivity index (χ0v) is 14.7. The predicted molar refractivity (Wildman–Crippen MR) is 95.4 cm³/mol. The summed E-state index contributed by atoms with van der Waals surface area (Å²) in [7, 11) is 1.38. The fourth-order valence-corrected chi connectivity index (χ4v) is 2.64. The first-order valence-electron chi connectivity index (χ1n) is 7.55. The number of hydrogen-bond acceptors (Lipinski definition) is 4. The van der Waals surface area contributed by atoms with Crippen molar-refractivity contribution in [1.29, 1.82) is 0 Å². The molecule has 2 aromatic carbocycles. The van der Waals surface area contributed by atoms with Gasteiger partial charge in [-0.05, 0) is 12.1 Å². The molecule has 3 rings (SSSR count). The monoisotopic (exact) mass is 385 g/mol. The number of aromatic nitrogens is 1. The number of nitrogens with zero attached hydrogens (tertiary/aromatic N) is 1. The number of hydrogen-bond donors (Lipinski definition) is 0. The Balaban J connectivity index is 2.00. The number of methoxy groups -OCH3 is 1. The summed E-state index contributed by atoms with van der Waals surface area (Å²) in [4.78, 5) is 16.0. The molecule has 1 heterocycles. The van der Waals surface area contributed by atoms with Crippen molar-refractivity contribution in [2.24, 2.45) is 0 Å². The Morgan fingerprint density at radius 2 is 1.79 bits per heavy atom.